The Morgan fingerprint density at radius 3 is 2.38 bits per heavy atom. The van der Waals surface area contributed by atoms with E-state index in [0.717, 1.165) is 5.56 Å². The Morgan fingerprint density at radius 1 is 1.38 bits per heavy atom. The monoisotopic (exact) mass is 217 g/mol. The first-order chi connectivity index (χ1) is 7.47. The van der Waals surface area contributed by atoms with E-state index in [4.69, 9.17) is 4.74 Å². The summed E-state index contributed by atoms with van der Waals surface area (Å²) < 4.78 is 5.18. The maximum Gasteiger partial charge on any atom is 0.303 e. The number of hydrogen-bond donors (Lipinski definition) is 0. The van der Waals surface area contributed by atoms with Gasteiger partial charge in [-0.15, -0.1) is 0 Å². The standard InChI is InChI=1S/C13H15NO2/c1-10(15)16-13(2,3)12(9-14)11-7-5-4-6-8-11/h4-8,12H,1-3H3. The van der Waals surface area contributed by atoms with Crippen molar-refractivity contribution in [1.29, 1.82) is 5.26 Å². The molecule has 0 amide bonds. The summed E-state index contributed by atoms with van der Waals surface area (Å²) in [5.41, 5.74) is 0.0401. The Bertz CT molecular complexity index is 404. The Balaban J connectivity index is 3.00. The van der Waals surface area contributed by atoms with Crippen LogP contribution in [0.3, 0.4) is 0 Å². The van der Waals surface area contributed by atoms with Crippen LogP contribution in [0.15, 0.2) is 30.3 Å². The first kappa shape index (κ1) is 12.3. The van der Waals surface area contributed by atoms with Gasteiger partial charge in [-0.3, -0.25) is 4.79 Å². The number of rotatable bonds is 3. The summed E-state index contributed by atoms with van der Waals surface area (Å²) >= 11 is 0. The van der Waals surface area contributed by atoms with Crippen molar-refractivity contribution in [2.75, 3.05) is 0 Å². The fraction of sp³-hybridized carbons (Fsp3) is 0.385. The lowest BCUT2D eigenvalue weighted by Crippen LogP contribution is -2.33. The summed E-state index contributed by atoms with van der Waals surface area (Å²) in [5.74, 6) is -0.834. The molecule has 0 heterocycles. The van der Waals surface area contributed by atoms with Crippen molar-refractivity contribution >= 4 is 5.97 Å². The number of esters is 1. The van der Waals surface area contributed by atoms with Gasteiger partial charge in [0.2, 0.25) is 0 Å². The van der Waals surface area contributed by atoms with E-state index in [-0.39, 0.29) is 5.97 Å². The van der Waals surface area contributed by atoms with Crippen molar-refractivity contribution in [3.8, 4) is 6.07 Å². The first-order valence-electron chi connectivity index (χ1n) is 5.11. The van der Waals surface area contributed by atoms with E-state index >= 15 is 0 Å². The average Bonchev–Trinajstić information content (AvgIpc) is 2.17. The molecular weight excluding hydrogens is 202 g/mol. The molecule has 0 saturated heterocycles. The Kier molecular flexibility index (Phi) is 3.68. The van der Waals surface area contributed by atoms with Crippen molar-refractivity contribution in [2.45, 2.75) is 32.3 Å². The van der Waals surface area contributed by atoms with Crippen LogP contribution in [0.25, 0.3) is 0 Å². The van der Waals surface area contributed by atoms with Gasteiger partial charge in [0.25, 0.3) is 0 Å². The van der Waals surface area contributed by atoms with E-state index in [0.29, 0.717) is 0 Å². The van der Waals surface area contributed by atoms with Crippen LogP contribution in [0.2, 0.25) is 0 Å². The summed E-state index contributed by atoms with van der Waals surface area (Å²) in [7, 11) is 0. The molecule has 0 aliphatic rings. The van der Waals surface area contributed by atoms with Crippen LogP contribution >= 0.6 is 0 Å². The van der Waals surface area contributed by atoms with Gasteiger partial charge in [-0.2, -0.15) is 5.26 Å². The molecule has 0 bridgehead atoms. The molecule has 1 rings (SSSR count). The summed E-state index contributed by atoms with van der Waals surface area (Å²) in [6.07, 6.45) is 0. The van der Waals surface area contributed by atoms with Gasteiger partial charge < -0.3 is 4.74 Å². The van der Waals surface area contributed by atoms with Crippen molar-refractivity contribution in [1.82, 2.24) is 0 Å². The van der Waals surface area contributed by atoms with Crippen LogP contribution in [-0.4, -0.2) is 11.6 Å². The molecule has 0 fully saturated rings. The molecule has 16 heavy (non-hydrogen) atoms. The van der Waals surface area contributed by atoms with Gasteiger partial charge >= 0.3 is 5.97 Å². The second kappa shape index (κ2) is 4.80. The maximum atomic E-state index is 11.0. The van der Waals surface area contributed by atoms with Crippen molar-refractivity contribution in [3.63, 3.8) is 0 Å². The van der Waals surface area contributed by atoms with Crippen LogP contribution in [0, 0.1) is 11.3 Å². The maximum absolute atomic E-state index is 11.0. The lowest BCUT2D eigenvalue weighted by atomic mass is 9.86. The average molecular weight is 217 g/mol. The van der Waals surface area contributed by atoms with Gasteiger partial charge in [0.05, 0.1) is 6.07 Å². The van der Waals surface area contributed by atoms with Crippen molar-refractivity contribution in [3.05, 3.63) is 35.9 Å². The minimum absolute atomic E-state index is 0.374. The highest BCUT2D eigenvalue weighted by Crippen LogP contribution is 2.30. The molecule has 0 aromatic heterocycles. The lowest BCUT2D eigenvalue weighted by Gasteiger charge is -2.29. The smallest absolute Gasteiger partial charge is 0.303 e. The third kappa shape index (κ3) is 2.83. The van der Waals surface area contributed by atoms with Crippen molar-refractivity contribution in [2.24, 2.45) is 0 Å². The topological polar surface area (TPSA) is 50.1 Å². The summed E-state index contributed by atoms with van der Waals surface area (Å²) in [6, 6.07) is 11.5. The molecule has 84 valence electrons. The molecule has 3 heteroatoms. The van der Waals surface area contributed by atoms with Gasteiger partial charge in [0.1, 0.15) is 11.5 Å². The van der Waals surface area contributed by atoms with E-state index in [1.165, 1.54) is 6.92 Å². The van der Waals surface area contributed by atoms with Crippen LogP contribution in [0.4, 0.5) is 0 Å². The molecule has 1 aromatic carbocycles. The highest BCUT2D eigenvalue weighted by atomic mass is 16.6. The first-order valence-corrected chi connectivity index (χ1v) is 5.11. The number of nitriles is 1. The molecular formula is C13H15NO2. The Morgan fingerprint density at radius 2 is 1.94 bits per heavy atom. The molecule has 0 N–H and O–H groups in total. The van der Waals surface area contributed by atoms with Crippen LogP contribution in [-0.2, 0) is 9.53 Å². The summed E-state index contributed by atoms with van der Waals surface area (Å²) in [4.78, 5) is 11.0. The SMILES string of the molecule is CC(=O)OC(C)(C)C(C#N)c1ccccc1. The minimum atomic E-state index is -0.818. The number of carbonyl (C=O) groups excluding carboxylic acids is 1. The fourth-order valence-corrected chi connectivity index (χ4v) is 1.71. The third-order valence-corrected chi connectivity index (χ3v) is 2.36. The quantitative estimate of drug-likeness (QED) is 0.731. The van der Waals surface area contributed by atoms with Gasteiger partial charge in [-0.05, 0) is 19.4 Å². The summed E-state index contributed by atoms with van der Waals surface area (Å²) in [6.45, 7) is 4.84. The zero-order valence-electron chi connectivity index (χ0n) is 9.73. The predicted molar refractivity (Wildman–Crippen MR) is 60.6 cm³/mol. The number of ether oxygens (including phenoxy) is 1. The van der Waals surface area contributed by atoms with Crippen molar-refractivity contribution < 1.29 is 9.53 Å². The van der Waals surface area contributed by atoms with Gasteiger partial charge in [-0.25, -0.2) is 0 Å². The molecule has 0 aliphatic heterocycles. The minimum Gasteiger partial charge on any atom is -0.458 e. The lowest BCUT2D eigenvalue weighted by molar-refractivity contribution is -0.154. The number of nitrogens with zero attached hydrogens (tertiary/aromatic N) is 1. The van der Waals surface area contributed by atoms with E-state index < -0.39 is 11.5 Å². The zero-order valence-corrected chi connectivity index (χ0v) is 9.73. The summed E-state index contributed by atoms with van der Waals surface area (Å²) in [5, 5.41) is 9.19. The normalized spacial score (nSPS) is 12.6. The number of carbonyl (C=O) groups is 1. The zero-order chi connectivity index (χ0) is 12.2. The third-order valence-electron chi connectivity index (χ3n) is 2.36. The van der Waals surface area contributed by atoms with E-state index in [1.807, 2.05) is 30.3 Å². The molecule has 0 saturated carbocycles. The molecule has 0 spiro atoms. The van der Waals surface area contributed by atoms with Crippen LogP contribution in [0.5, 0.6) is 0 Å². The second-order valence-corrected chi connectivity index (χ2v) is 4.17. The molecule has 1 unspecified atom stereocenters. The second-order valence-electron chi connectivity index (χ2n) is 4.17. The van der Waals surface area contributed by atoms with E-state index in [9.17, 15) is 10.1 Å². The van der Waals surface area contributed by atoms with E-state index in [2.05, 4.69) is 6.07 Å². The van der Waals surface area contributed by atoms with Gasteiger partial charge in [-0.1, -0.05) is 30.3 Å². The molecule has 0 aliphatic carbocycles. The van der Waals surface area contributed by atoms with Crippen LogP contribution < -0.4 is 0 Å². The highest BCUT2D eigenvalue weighted by molar-refractivity contribution is 5.66. The molecule has 1 atom stereocenters. The van der Waals surface area contributed by atoms with Gasteiger partial charge in [0.15, 0.2) is 0 Å². The largest absolute Gasteiger partial charge is 0.458 e. The Labute approximate surface area is 95.7 Å². The van der Waals surface area contributed by atoms with Gasteiger partial charge in [0, 0.05) is 6.92 Å². The van der Waals surface area contributed by atoms with E-state index in [1.54, 1.807) is 13.8 Å². The molecule has 1 aromatic rings. The molecule has 3 nitrogen and oxygen atoms in total. The molecule has 0 radical (unpaired) electrons. The number of hydrogen-bond acceptors (Lipinski definition) is 3. The number of benzene rings is 1. The highest BCUT2D eigenvalue weighted by Gasteiger charge is 2.33. The fourth-order valence-electron chi connectivity index (χ4n) is 1.71. The van der Waals surface area contributed by atoms with Crippen LogP contribution in [0.1, 0.15) is 32.3 Å². The predicted octanol–water partition coefficient (Wildman–Crippen LogP) is 2.64. The Hall–Kier alpha value is -1.82.